The second-order valence-electron chi connectivity index (χ2n) is 4.75. The number of nitrogens with zero attached hydrogens (tertiary/aromatic N) is 1. The Morgan fingerprint density at radius 2 is 2.13 bits per heavy atom. The third-order valence-corrected chi connectivity index (χ3v) is 2.28. The predicted molar refractivity (Wildman–Crippen MR) is 57.3 cm³/mol. The Balaban J connectivity index is 2.68. The van der Waals surface area contributed by atoms with Crippen LogP contribution in [0.3, 0.4) is 0 Å². The molecule has 0 aromatic rings. The standard InChI is InChI=1S/C11H19NO3/c1-5-8-6-7-9(13)12(8)10(14)15-11(2,3)4/h5,8-9,13H,1,6-7H2,2-4H3/t8-,9?/m1/s1. The number of aliphatic hydroxyl groups excluding tert-OH is 1. The zero-order chi connectivity index (χ0) is 11.6. The molecule has 1 aliphatic heterocycles. The number of likely N-dealkylation sites (tertiary alicyclic amines) is 1. The minimum absolute atomic E-state index is 0.116. The highest BCUT2D eigenvalue weighted by molar-refractivity contribution is 5.69. The zero-order valence-electron chi connectivity index (χ0n) is 9.56. The molecule has 0 aromatic carbocycles. The van der Waals surface area contributed by atoms with Gasteiger partial charge in [-0.15, -0.1) is 6.58 Å². The monoisotopic (exact) mass is 213 g/mol. The van der Waals surface area contributed by atoms with E-state index in [1.165, 1.54) is 4.90 Å². The molecule has 4 nitrogen and oxygen atoms in total. The van der Waals surface area contributed by atoms with Gasteiger partial charge in [-0.25, -0.2) is 4.79 Å². The van der Waals surface area contributed by atoms with Crippen LogP contribution < -0.4 is 0 Å². The van der Waals surface area contributed by atoms with Crippen molar-refractivity contribution in [1.29, 1.82) is 0 Å². The van der Waals surface area contributed by atoms with Gasteiger partial charge in [-0.2, -0.15) is 0 Å². The number of amides is 1. The summed E-state index contributed by atoms with van der Waals surface area (Å²) >= 11 is 0. The molecule has 0 saturated carbocycles. The van der Waals surface area contributed by atoms with Crippen LogP contribution in [-0.4, -0.2) is 34.0 Å². The summed E-state index contributed by atoms with van der Waals surface area (Å²) in [5, 5.41) is 9.64. The van der Waals surface area contributed by atoms with Gasteiger partial charge in [0.05, 0.1) is 6.04 Å². The summed E-state index contributed by atoms with van der Waals surface area (Å²) in [6.07, 6.45) is 1.76. The Morgan fingerprint density at radius 3 is 2.60 bits per heavy atom. The molecule has 86 valence electrons. The van der Waals surface area contributed by atoms with Crippen LogP contribution in [0, 0.1) is 0 Å². The minimum atomic E-state index is -0.747. The first-order valence-electron chi connectivity index (χ1n) is 5.17. The van der Waals surface area contributed by atoms with E-state index in [9.17, 15) is 9.90 Å². The third-order valence-electron chi connectivity index (χ3n) is 2.28. The fourth-order valence-electron chi connectivity index (χ4n) is 1.62. The molecule has 1 N–H and O–H groups in total. The van der Waals surface area contributed by atoms with Crippen LogP contribution >= 0.6 is 0 Å². The first-order chi connectivity index (χ1) is 6.85. The molecule has 1 unspecified atom stereocenters. The highest BCUT2D eigenvalue weighted by Crippen LogP contribution is 2.25. The van der Waals surface area contributed by atoms with E-state index in [2.05, 4.69) is 6.58 Å². The molecular weight excluding hydrogens is 194 g/mol. The first-order valence-corrected chi connectivity index (χ1v) is 5.17. The molecular formula is C11H19NO3. The number of rotatable bonds is 1. The highest BCUT2D eigenvalue weighted by Gasteiger charge is 2.36. The Bertz CT molecular complexity index is 257. The summed E-state index contributed by atoms with van der Waals surface area (Å²) in [7, 11) is 0. The Hall–Kier alpha value is -1.03. The van der Waals surface area contributed by atoms with Gasteiger partial charge < -0.3 is 9.84 Å². The normalized spacial score (nSPS) is 26.5. The van der Waals surface area contributed by atoms with Gasteiger partial charge in [0, 0.05) is 0 Å². The summed E-state index contributed by atoms with van der Waals surface area (Å²) in [5.41, 5.74) is -0.537. The van der Waals surface area contributed by atoms with Crippen molar-refractivity contribution in [3.8, 4) is 0 Å². The lowest BCUT2D eigenvalue weighted by atomic mass is 10.2. The lowest BCUT2D eigenvalue weighted by Crippen LogP contribution is -2.43. The summed E-state index contributed by atoms with van der Waals surface area (Å²) in [4.78, 5) is 13.1. The van der Waals surface area contributed by atoms with Crippen LogP contribution in [0.4, 0.5) is 4.79 Å². The lowest BCUT2D eigenvalue weighted by molar-refractivity contribution is -0.0195. The molecule has 15 heavy (non-hydrogen) atoms. The van der Waals surface area contributed by atoms with Crippen molar-refractivity contribution < 1.29 is 14.6 Å². The summed E-state index contributed by atoms with van der Waals surface area (Å²) in [5.74, 6) is 0. The van der Waals surface area contributed by atoms with Gasteiger partial charge in [0.1, 0.15) is 11.8 Å². The van der Waals surface area contributed by atoms with Gasteiger partial charge in [-0.3, -0.25) is 4.90 Å². The molecule has 1 amide bonds. The first kappa shape index (κ1) is 12.0. The van der Waals surface area contributed by atoms with E-state index in [4.69, 9.17) is 4.74 Å². The molecule has 1 heterocycles. The van der Waals surface area contributed by atoms with Gasteiger partial charge in [-0.05, 0) is 33.6 Å². The van der Waals surface area contributed by atoms with E-state index in [-0.39, 0.29) is 6.04 Å². The van der Waals surface area contributed by atoms with Crippen LogP contribution in [0.2, 0.25) is 0 Å². The van der Waals surface area contributed by atoms with Crippen molar-refractivity contribution >= 4 is 6.09 Å². The predicted octanol–water partition coefficient (Wildman–Crippen LogP) is 1.89. The molecule has 1 saturated heterocycles. The van der Waals surface area contributed by atoms with E-state index in [1.54, 1.807) is 26.8 Å². The van der Waals surface area contributed by atoms with Crippen molar-refractivity contribution in [3.63, 3.8) is 0 Å². The summed E-state index contributed by atoms with van der Waals surface area (Å²) < 4.78 is 5.20. The van der Waals surface area contributed by atoms with Gasteiger partial charge in [0.25, 0.3) is 0 Å². The zero-order valence-corrected chi connectivity index (χ0v) is 9.56. The summed E-state index contributed by atoms with van der Waals surface area (Å²) in [6, 6.07) is -0.116. The smallest absolute Gasteiger partial charge is 0.412 e. The van der Waals surface area contributed by atoms with Crippen LogP contribution in [0.25, 0.3) is 0 Å². The molecule has 0 bridgehead atoms. The molecule has 1 fully saturated rings. The second-order valence-corrected chi connectivity index (χ2v) is 4.75. The van der Waals surface area contributed by atoms with E-state index in [0.717, 1.165) is 6.42 Å². The molecule has 0 aromatic heterocycles. The quantitative estimate of drug-likeness (QED) is 0.677. The largest absolute Gasteiger partial charge is 0.444 e. The SMILES string of the molecule is C=C[C@@H]1CCC(O)N1C(=O)OC(C)(C)C. The van der Waals surface area contributed by atoms with Crippen LogP contribution in [0.1, 0.15) is 33.6 Å². The van der Waals surface area contributed by atoms with E-state index < -0.39 is 17.9 Å². The minimum Gasteiger partial charge on any atom is -0.444 e. The van der Waals surface area contributed by atoms with Crippen molar-refractivity contribution in [2.75, 3.05) is 0 Å². The molecule has 0 aliphatic carbocycles. The van der Waals surface area contributed by atoms with Gasteiger partial charge in [0.15, 0.2) is 0 Å². The van der Waals surface area contributed by atoms with Crippen molar-refractivity contribution in [2.24, 2.45) is 0 Å². The van der Waals surface area contributed by atoms with Crippen LogP contribution in [0.5, 0.6) is 0 Å². The number of hydrogen-bond acceptors (Lipinski definition) is 3. The highest BCUT2D eigenvalue weighted by atomic mass is 16.6. The maximum absolute atomic E-state index is 11.7. The Kier molecular flexibility index (Phi) is 3.39. The van der Waals surface area contributed by atoms with Crippen molar-refractivity contribution in [1.82, 2.24) is 4.90 Å². The number of carbonyl (C=O) groups excluding carboxylic acids is 1. The molecule has 1 aliphatic rings. The maximum Gasteiger partial charge on any atom is 0.412 e. The number of ether oxygens (including phenoxy) is 1. The van der Waals surface area contributed by atoms with Crippen molar-refractivity contribution in [2.45, 2.75) is 51.5 Å². The average Bonchev–Trinajstić information content (AvgIpc) is 2.43. The number of aliphatic hydroxyl groups is 1. The number of hydrogen-bond donors (Lipinski definition) is 1. The fourth-order valence-corrected chi connectivity index (χ4v) is 1.62. The molecule has 2 atom stereocenters. The molecule has 0 radical (unpaired) electrons. The van der Waals surface area contributed by atoms with Gasteiger partial charge >= 0.3 is 6.09 Å². The van der Waals surface area contributed by atoms with E-state index >= 15 is 0 Å². The van der Waals surface area contributed by atoms with Crippen molar-refractivity contribution in [3.05, 3.63) is 12.7 Å². The lowest BCUT2D eigenvalue weighted by Gasteiger charge is -2.29. The molecule has 4 heteroatoms. The molecule has 0 spiro atoms. The van der Waals surface area contributed by atoms with E-state index in [1.807, 2.05) is 0 Å². The fraction of sp³-hybridized carbons (Fsp3) is 0.727. The average molecular weight is 213 g/mol. The molecule has 1 rings (SSSR count). The Labute approximate surface area is 90.5 Å². The second kappa shape index (κ2) is 4.23. The third kappa shape index (κ3) is 2.96. The maximum atomic E-state index is 11.7. The van der Waals surface area contributed by atoms with E-state index in [0.29, 0.717) is 6.42 Å². The topological polar surface area (TPSA) is 49.8 Å². The van der Waals surface area contributed by atoms with Crippen LogP contribution in [0.15, 0.2) is 12.7 Å². The van der Waals surface area contributed by atoms with Gasteiger partial charge in [-0.1, -0.05) is 6.08 Å². The van der Waals surface area contributed by atoms with Crippen LogP contribution in [-0.2, 0) is 4.74 Å². The number of carbonyl (C=O) groups is 1. The summed E-state index contributed by atoms with van der Waals surface area (Å²) in [6.45, 7) is 9.05. The Morgan fingerprint density at radius 1 is 1.53 bits per heavy atom. The van der Waals surface area contributed by atoms with Gasteiger partial charge in [0.2, 0.25) is 0 Å².